The van der Waals surface area contributed by atoms with Gasteiger partial charge in [-0.05, 0) is 54.8 Å². The second-order valence-corrected chi connectivity index (χ2v) is 6.44. The smallest absolute Gasteiger partial charge is 0.315 e. The van der Waals surface area contributed by atoms with E-state index in [2.05, 4.69) is 10.6 Å². The van der Waals surface area contributed by atoms with E-state index in [-0.39, 0.29) is 11.7 Å². The van der Waals surface area contributed by atoms with Gasteiger partial charge in [-0.25, -0.2) is 9.18 Å². The number of benzene rings is 2. The molecule has 0 saturated carbocycles. The van der Waals surface area contributed by atoms with Crippen LogP contribution < -0.4 is 20.3 Å². The highest BCUT2D eigenvalue weighted by atomic mass is 19.1. The Labute approximate surface area is 157 Å². The number of carbonyl (C=O) groups is 2. The predicted octanol–water partition coefficient (Wildman–Crippen LogP) is 2.75. The molecule has 27 heavy (non-hydrogen) atoms. The topological polar surface area (TPSA) is 70.7 Å². The molecule has 2 N–H and O–H groups in total. The number of nitrogens with zero attached hydrogens (tertiary/aromatic N) is 1. The number of carbonyl (C=O) groups excluding carboxylic acids is 2. The van der Waals surface area contributed by atoms with Crippen molar-refractivity contribution in [1.29, 1.82) is 0 Å². The van der Waals surface area contributed by atoms with Crippen molar-refractivity contribution in [3.8, 4) is 5.75 Å². The third kappa shape index (κ3) is 4.36. The number of hydrogen-bond donors (Lipinski definition) is 2. The van der Waals surface area contributed by atoms with E-state index < -0.39 is 12.1 Å². The number of halogens is 1. The molecule has 6 nitrogen and oxygen atoms in total. The molecule has 0 aromatic heterocycles. The number of rotatable bonds is 5. The number of amides is 3. The molecule has 2 aromatic carbocycles. The Kier molecular flexibility index (Phi) is 5.59. The van der Waals surface area contributed by atoms with Gasteiger partial charge in [0.25, 0.3) is 0 Å². The molecule has 0 unspecified atom stereocenters. The highest BCUT2D eigenvalue weighted by Crippen LogP contribution is 2.23. The Morgan fingerprint density at radius 3 is 2.85 bits per heavy atom. The maximum absolute atomic E-state index is 13.4. The van der Waals surface area contributed by atoms with Crippen LogP contribution in [0.15, 0.2) is 42.5 Å². The van der Waals surface area contributed by atoms with Crippen molar-refractivity contribution >= 4 is 17.6 Å². The van der Waals surface area contributed by atoms with Crippen LogP contribution in [0.25, 0.3) is 0 Å². The van der Waals surface area contributed by atoms with E-state index in [0.717, 1.165) is 5.56 Å². The summed E-state index contributed by atoms with van der Waals surface area (Å²) in [6.45, 7) is 2.46. The maximum Gasteiger partial charge on any atom is 0.315 e. The van der Waals surface area contributed by atoms with Crippen LogP contribution in [0.3, 0.4) is 0 Å². The SMILES string of the molecule is COc1cccc(CNC(=O)N[C@H]2CCN(c3ccc(F)c(C)c3)C2=O)c1. The van der Waals surface area contributed by atoms with Gasteiger partial charge in [0.15, 0.2) is 0 Å². The molecule has 3 rings (SSSR count). The van der Waals surface area contributed by atoms with Gasteiger partial charge in [0.1, 0.15) is 17.6 Å². The molecule has 0 aliphatic carbocycles. The molecule has 2 aromatic rings. The zero-order valence-electron chi connectivity index (χ0n) is 15.3. The van der Waals surface area contributed by atoms with Crippen LogP contribution in [0, 0.1) is 12.7 Å². The van der Waals surface area contributed by atoms with Crippen LogP contribution in [-0.2, 0) is 11.3 Å². The molecule has 1 atom stereocenters. The molecule has 142 valence electrons. The van der Waals surface area contributed by atoms with Crippen molar-refractivity contribution in [3.63, 3.8) is 0 Å². The molecule has 0 radical (unpaired) electrons. The lowest BCUT2D eigenvalue weighted by molar-refractivity contribution is -0.118. The molecule has 1 aliphatic rings. The summed E-state index contributed by atoms with van der Waals surface area (Å²) in [5.74, 6) is 0.209. The number of nitrogens with one attached hydrogen (secondary N) is 2. The molecule has 1 heterocycles. The molecule has 7 heteroatoms. The minimum atomic E-state index is -0.597. The first-order valence-corrected chi connectivity index (χ1v) is 8.73. The minimum Gasteiger partial charge on any atom is -0.497 e. The standard InChI is InChI=1S/C20H22FN3O3/c1-13-10-15(6-7-17(13)21)24-9-8-18(19(24)25)23-20(26)22-12-14-4-3-5-16(11-14)27-2/h3-7,10-11,18H,8-9,12H2,1-2H3,(H2,22,23,26)/t18-/m0/s1. The first-order chi connectivity index (χ1) is 13.0. The third-order valence-electron chi connectivity index (χ3n) is 4.55. The van der Waals surface area contributed by atoms with E-state index in [1.807, 2.05) is 24.3 Å². The van der Waals surface area contributed by atoms with Crippen molar-refractivity contribution in [3.05, 3.63) is 59.4 Å². The number of hydrogen-bond acceptors (Lipinski definition) is 3. The fraction of sp³-hybridized carbons (Fsp3) is 0.300. The van der Waals surface area contributed by atoms with Gasteiger partial charge in [0.2, 0.25) is 5.91 Å². The summed E-state index contributed by atoms with van der Waals surface area (Å²) >= 11 is 0. The van der Waals surface area contributed by atoms with Crippen molar-refractivity contribution in [2.24, 2.45) is 0 Å². The van der Waals surface area contributed by atoms with Gasteiger partial charge in [0.05, 0.1) is 7.11 Å². The first-order valence-electron chi connectivity index (χ1n) is 8.73. The van der Waals surface area contributed by atoms with Gasteiger partial charge in [-0.15, -0.1) is 0 Å². The van der Waals surface area contributed by atoms with Gasteiger partial charge in [0, 0.05) is 18.8 Å². The van der Waals surface area contributed by atoms with Crippen LogP contribution >= 0.6 is 0 Å². The fourth-order valence-corrected chi connectivity index (χ4v) is 3.04. The normalized spacial score (nSPS) is 16.3. The summed E-state index contributed by atoms with van der Waals surface area (Å²) in [6.07, 6.45) is 0.502. The van der Waals surface area contributed by atoms with Gasteiger partial charge < -0.3 is 20.3 Å². The average Bonchev–Trinajstić information content (AvgIpc) is 3.03. The minimum absolute atomic E-state index is 0.197. The largest absolute Gasteiger partial charge is 0.497 e. The molecule has 1 fully saturated rings. The number of urea groups is 1. The van der Waals surface area contributed by atoms with Crippen molar-refractivity contribution in [1.82, 2.24) is 10.6 Å². The van der Waals surface area contributed by atoms with E-state index in [9.17, 15) is 14.0 Å². The third-order valence-corrected chi connectivity index (χ3v) is 4.55. The quantitative estimate of drug-likeness (QED) is 0.849. The van der Waals surface area contributed by atoms with Crippen LogP contribution in [0.2, 0.25) is 0 Å². The van der Waals surface area contributed by atoms with E-state index in [1.54, 1.807) is 31.1 Å². The average molecular weight is 371 g/mol. The Balaban J connectivity index is 1.55. The molecule has 1 aliphatic heterocycles. The zero-order chi connectivity index (χ0) is 19.4. The molecule has 1 saturated heterocycles. The lowest BCUT2D eigenvalue weighted by Gasteiger charge is -2.18. The first kappa shape index (κ1) is 18.7. The monoisotopic (exact) mass is 371 g/mol. The van der Waals surface area contributed by atoms with Crippen LogP contribution in [0.1, 0.15) is 17.5 Å². The molecule has 3 amide bonds. The van der Waals surface area contributed by atoms with Gasteiger partial charge in [-0.3, -0.25) is 4.79 Å². The van der Waals surface area contributed by atoms with Gasteiger partial charge >= 0.3 is 6.03 Å². The van der Waals surface area contributed by atoms with E-state index >= 15 is 0 Å². The molecular formula is C20H22FN3O3. The summed E-state index contributed by atoms with van der Waals surface area (Å²) in [7, 11) is 1.58. The lowest BCUT2D eigenvalue weighted by Crippen LogP contribution is -2.45. The van der Waals surface area contributed by atoms with Crippen molar-refractivity contribution < 1.29 is 18.7 Å². The summed E-state index contributed by atoms with van der Waals surface area (Å²) in [5, 5.41) is 5.45. The van der Waals surface area contributed by atoms with Crippen molar-refractivity contribution in [2.45, 2.75) is 25.9 Å². The van der Waals surface area contributed by atoms with Crippen LogP contribution in [-0.4, -0.2) is 31.6 Å². The summed E-state index contributed by atoms with van der Waals surface area (Å²) in [5.41, 5.74) is 2.01. The van der Waals surface area contributed by atoms with Gasteiger partial charge in [-0.1, -0.05) is 12.1 Å². The van der Waals surface area contributed by atoms with Crippen LogP contribution in [0.5, 0.6) is 5.75 Å². The maximum atomic E-state index is 13.4. The molecule has 0 bridgehead atoms. The Morgan fingerprint density at radius 2 is 2.11 bits per heavy atom. The molecule has 0 spiro atoms. The highest BCUT2D eigenvalue weighted by Gasteiger charge is 2.33. The fourth-order valence-electron chi connectivity index (χ4n) is 3.04. The lowest BCUT2D eigenvalue weighted by atomic mass is 10.2. The Hall–Kier alpha value is -3.09. The second kappa shape index (κ2) is 8.07. The summed E-state index contributed by atoms with van der Waals surface area (Å²) in [4.78, 5) is 26.3. The Bertz CT molecular complexity index is 856. The number of methoxy groups -OCH3 is 1. The Morgan fingerprint density at radius 1 is 1.30 bits per heavy atom. The predicted molar refractivity (Wildman–Crippen MR) is 100 cm³/mol. The van der Waals surface area contributed by atoms with E-state index in [1.165, 1.54) is 6.07 Å². The second-order valence-electron chi connectivity index (χ2n) is 6.44. The van der Waals surface area contributed by atoms with Crippen molar-refractivity contribution in [2.75, 3.05) is 18.6 Å². The van der Waals surface area contributed by atoms with E-state index in [4.69, 9.17) is 4.74 Å². The van der Waals surface area contributed by atoms with Gasteiger partial charge in [-0.2, -0.15) is 0 Å². The zero-order valence-corrected chi connectivity index (χ0v) is 15.3. The van der Waals surface area contributed by atoms with E-state index in [0.29, 0.717) is 36.5 Å². The summed E-state index contributed by atoms with van der Waals surface area (Å²) in [6, 6.07) is 10.9. The number of anilines is 1. The van der Waals surface area contributed by atoms with Crippen LogP contribution in [0.4, 0.5) is 14.9 Å². The molecular weight excluding hydrogens is 349 g/mol. The number of aryl methyl sites for hydroxylation is 1. The highest BCUT2D eigenvalue weighted by molar-refractivity contribution is 6.01. The summed E-state index contributed by atoms with van der Waals surface area (Å²) < 4.78 is 18.6. The number of ether oxygens (including phenoxy) is 1.